The number of ether oxygens (including phenoxy) is 4. The molecule has 16 heavy (non-hydrogen) atoms. The molecule has 2 fully saturated rings. The van der Waals surface area contributed by atoms with Crippen molar-refractivity contribution in [2.45, 2.75) is 64.5 Å². The lowest BCUT2D eigenvalue weighted by Gasteiger charge is -2.23. The van der Waals surface area contributed by atoms with Crippen LogP contribution in [-0.4, -0.2) is 36.3 Å². The Kier molecular flexibility index (Phi) is 2.61. The molecule has 0 spiro atoms. The van der Waals surface area contributed by atoms with E-state index in [0.717, 1.165) is 0 Å². The molecule has 2 aliphatic rings. The number of carbonyl (C=O) groups excluding carboxylic acids is 1. The van der Waals surface area contributed by atoms with E-state index in [1.807, 2.05) is 6.92 Å². The first-order valence-corrected chi connectivity index (χ1v) is 5.50. The second-order valence-electron chi connectivity index (χ2n) is 4.50. The average Bonchev–Trinajstić information content (AvgIpc) is 2.60. The van der Waals surface area contributed by atoms with Gasteiger partial charge in [-0.15, -0.1) is 0 Å². The van der Waals surface area contributed by atoms with Crippen molar-refractivity contribution in [1.29, 1.82) is 0 Å². The molecule has 0 N–H and O–H groups in total. The summed E-state index contributed by atoms with van der Waals surface area (Å²) in [7, 11) is 0. The molecule has 0 aliphatic carbocycles. The summed E-state index contributed by atoms with van der Waals surface area (Å²) in [4.78, 5) is 11.0. The minimum atomic E-state index is -1.80. The summed E-state index contributed by atoms with van der Waals surface area (Å²) in [5.41, 5.74) is 0. The van der Waals surface area contributed by atoms with Crippen molar-refractivity contribution in [3.05, 3.63) is 0 Å². The Labute approximate surface area is 96.4 Å². The molecule has 5 nitrogen and oxygen atoms in total. The maximum absolute atomic E-state index is 11.0. The van der Waals surface area contributed by atoms with Crippen molar-refractivity contribution >= 4 is 5.97 Å². The van der Waals surface area contributed by atoms with Crippen LogP contribution in [0.2, 0.25) is 0 Å². The standard InChI is InChI=1S/C11H18O5/c1-5-7-8-9(16-11(3,4)15-8)10(14-7)13-6(2)12/h7-10H,5H2,1-4H3/t7-,8-,9-,10?/m1/s1/i10D. The van der Waals surface area contributed by atoms with E-state index in [4.69, 9.17) is 20.3 Å². The van der Waals surface area contributed by atoms with E-state index >= 15 is 0 Å². The number of carbonyl (C=O) groups is 1. The van der Waals surface area contributed by atoms with Gasteiger partial charge in [0.2, 0.25) is 6.27 Å². The van der Waals surface area contributed by atoms with Crippen LogP contribution in [0.25, 0.3) is 0 Å². The Morgan fingerprint density at radius 1 is 1.44 bits per heavy atom. The number of rotatable bonds is 2. The van der Waals surface area contributed by atoms with Crippen molar-refractivity contribution in [2.75, 3.05) is 0 Å². The van der Waals surface area contributed by atoms with Crippen LogP contribution in [-0.2, 0) is 23.7 Å². The fourth-order valence-corrected chi connectivity index (χ4v) is 2.07. The molecule has 5 heteroatoms. The van der Waals surface area contributed by atoms with E-state index in [1.165, 1.54) is 6.92 Å². The Bertz CT molecular complexity index is 332. The van der Waals surface area contributed by atoms with E-state index in [0.29, 0.717) is 6.42 Å². The minimum Gasteiger partial charge on any atom is -0.433 e. The molecule has 92 valence electrons. The highest BCUT2D eigenvalue weighted by molar-refractivity contribution is 5.66. The number of hydrogen-bond acceptors (Lipinski definition) is 5. The van der Waals surface area contributed by atoms with Gasteiger partial charge < -0.3 is 18.9 Å². The van der Waals surface area contributed by atoms with E-state index in [-0.39, 0.29) is 12.2 Å². The molecule has 1 unspecified atom stereocenters. The zero-order chi connectivity index (χ0) is 12.8. The lowest BCUT2D eigenvalue weighted by Crippen LogP contribution is -2.32. The normalized spacial score (nSPS) is 46.2. The van der Waals surface area contributed by atoms with Crippen LogP contribution in [0.15, 0.2) is 0 Å². The van der Waals surface area contributed by atoms with Crippen molar-refractivity contribution < 1.29 is 25.1 Å². The quantitative estimate of drug-likeness (QED) is 0.668. The molecule has 2 saturated heterocycles. The third kappa shape index (κ3) is 2.07. The molecule has 0 radical (unpaired) electrons. The smallest absolute Gasteiger partial charge is 0.305 e. The van der Waals surface area contributed by atoms with Crippen LogP contribution < -0.4 is 0 Å². The van der Waals surface area contributed by atoms with Gasteiger partial charge in [-0.2, -0.15) is 0 Å². The zero-order valence-electron chi connectivity index (χ0n) is 11.0. The number of esters is 1. The van der Waals surface area contributed by atoms with Crippen LogP contribution in [0.4, 0.5) is 0 Å². The predicted molar refractivity (Wildman–Crippen MR) is 54.5 cm³/mol. The van der Waals surface area contributed by atoms with Crippen molar-refractivity contribution in [2.24, 2.45) is 0 Å². The van der Waals surface area contributed by atoms with Gasteiger partial charge in [0.25, 0.3) is 0 Å². The first-order valence-electron chi connectivity index (χ1n) is 6.00. The summed E-state index contributed by atoms with van der Waals surface area (Å²) in [6.07, 6.45) is -2.50. The highest BCUT2D eigenvalue weighted by Crippen LogP contribution is 2.39. The van der Waals surface area contributed by atoms with Gasteiger partial charge in [0.1, 0.15) is 7.47 Å². The molecule has 0 aromatic carbocycles. The summed E-state index contributed by atoms with van der Waals surface area (Å²) in [5, 5.41) is 0. The molecule has 0 aromatic heterocycles. The minimum absolute atomic E-state index is 0.293. The van der Waals surface area contributed by atoms with Gasteiger partial charge in [-0.05, 0) is 20.3 Å². The van der Waals surface area contributed by atoms with Gasteiger partial charge in [-0.1, -0.05) is 6.92 Å². The van der Waals surface area contributed by atoms with Gasteiger partial charge in [-0.3, -0.25) is 4.79 Å². The number of fused-ring (bicyclic) bond motifs is 1. The van der Waals surface area contributed by atoms with Crippen molar-refractivity contribution in [3.8, 4) is 0 Å². The first kappa shape index (κ1) is 10.5. The lowest BCUT2D eigenvalue weighted by atomic mass is 10.1. The maximum Gasteiger partial charge on any atom is 0.305 e. The second-order valence-corrected chi connectivity index (χ2v) is 4.50. The van der Waals surface area contributed by atoms with E-state index in [2.05, 4.69) is 0 Å². The Morgan fingerprint density at radius 3 is 2.62 bits per heavy atom. The molecule has 2 aliphatic heterocycles. The molecular formula is C11H18O5. The summed E-state index contributed by atoms with van der Waals surface area (Å²) in [5.74, 6) is -1.34. The predicted octanol–water partition coefficient (Wildman–Crippen LogP) is 1.20. The molecule has 2 heterocycles. The maximum atomic E-state index is 11.0. The molecule has 4 atom stereocenters. The molecule has 2 rings (SSSR count). The van der Waals surface area contributed by atoms with Gasteiger partial charge in [0.15, 0.2) is 11.9 Å². The Morgan fingerprint density at radius 2 is 2.06 bits per heavy atom. The highest BCUT2D eigenvalue weighted by Gasteiger charge is 2.55. The first-order chi connectivity index (χ1) is 7.77. The van der Waals surface area contributed by atoms with Crippen molar-refractivity contribution in [1.82, 2.24) is 0 Å². The van der Waals surface area contributed by atoms with Crippen LogP contribution in [0.5, 0.6) is 0 Å². The summed E-state index contributed by atoms with van der Waals surface area (Å²) >= 11 is 0. The zero-order valence-corrected chi connectivity index (χ0v) is 9.98. The third-order valence-electron chi connectivity index (χ3n) is 2.64. The molecule has 0 saturated carbocycles. The van der Waals surface area contributed by atoms with Crippen LogP contribution >= 0.6 is 0 Å². The van der Waals surface area contributed by atoms with E-state index < -0.39 is 24.1 Å². The summed E-state index contributed by atoms with van der Waals surface area (Å²) in [6.45, 7) is 6.71. The van der Waals surface area contributed by atoms with Gasteiger partial charge in [0.05, 0.1) is 6.10 Å². The average molecular weight is 231 g/mol. The Balaban J connectivity index is 2.23. The van der Waals surface area contributed by atoms with Crippen LogP contribution in [0, 0.1) is 0 Å². The molecule has 0 amide bonds. The third-order valence-corrected chi connectivity index (χ3v) is 2.64. The van der Waals surface area contributed by atoms with Crippen LogP contribution in [0.1, 0.15) is 35.5 Å². The van der Waals surface area contributed by atoms with Crippen molar-refractivity contribution in [3.63, 3.8) is 0 Å². The summed E-state index contributed by atoms with van der Waals surface area (Å²) in [6, 6.07) is 0. The molecule has 0 bridgehead atoms. The lowest BCUT2D eigenvalue weighted by molar-refractivity contribution is -0.231. The van der Waals surface area contributed by atoms with E-state index in [9.17, 15) is 4.79 Å². The molecule has 0 aromatic rings. The topological polar surface area (TPSA) is 54.0 Å². The molecular weight excluding hydrogens is 212 g/mol. The Hall–Kier alpha value is -0.650. The second kappa shape index (κ2) is 3.98. The van der Waals surface area contributed by atoms with Gasteiger partial charge >= 0.3 is 5.97 Å². The van der Waals surface area contributed by atoms with Crippen LogP contribution in [0.3, 0.4) is 0 Å². The fourth-order valence-electron chi connectivity index (χ4n) is 2.07. The highest BCUT2D eigenvalue weighted by atomic mass is 16.8. The summed E-state index contributed by atoms with van der Waals surface area (Å²) < 4.78 is 29.8. The SMILES string of the molecule is [2H]C1(OC(C)=O)O[C@H](CC)[C@H]2OC(C)(C)O[C@H]21. The van der Waals surface area contributed by atoms with Gasteiger partial charge in [0, 0.05) is 6.92 Å². The monoisotopic (exact) mass is 231 g/mol. The van der Waals surface area contributed by atoms with Gasteiger partial charge in [-0.25, -0.2) is 0 Å². The van der Waals surface area contributed by atoms with E-state index in [1.54, 1.807) is 13.8 Å². The largest absolute Gasteiger partial charge is 0.433 e. The fraction of sp³-hybridized carbons (Fsp3) is 0.909. The number of hydrogen-bond donors (Lipinski definition) is 0.